The predicted molar refractivity (Wildman–Crippen MR) is 116 cm³/mol. The summed E-state index contributed by atoms with van der Waals surface area (Å²) in [6.45, 7) is 7.61. The molecule has 154 valence electrons. The molecule has 1 aliphatic carbocycles. The average Bonchev–Trinajstić information content (AvgIpc) is 3.32. The van der Waals surface area contributed by atoms with Crippen LogP contribution in [0, 0.1) is 17.2 Å². The zero-order valence-electron chi connectivity index (χ0n) is 16.5. The van der Waals surface area contributed by atoms with Gasteiger partial charge in [-0.25, -0.2) is 4.39 Å². The Morgan fingerprint density at radius 3 is 2.68 bits per heavy atom. The number of allylic oxidation sites excluding steroid dienone is 4. The summed E-state index contributed by atoms with van der Waals surface area (Å²) in [6, 6.07) is 3.72. The van der Waals surface area contributed by atoms with Crippen LogP contribution in [0.3, 0.4) is 0 Å². The molecule has 0 aromatic heterocycles. The van der Waals surface area contributed by atoms with Gasteiger partial charge in [-0.05, 0) is 63.1 Å². The highest BCUT2D eigenvalue weighted by atomic mass is 127. The van der Waals surface area contributed by atoms with Crippen molar-refractivity contribution in [3.8, 4) is 0 Å². The van der Waals surface area contributed by atoms with Crippen LogP contribution >= 0.6 is 22.6 Å². The molecule has 1 saturated heterocycles. The first-order valence-electron chi connectivity index (χ1n) is 9.86. The number of nitrogens with zero attached hydrogens (tertiary/aromatic N) is 1. The van der Waals surface area contributed by atoms with Crippen molar-refractivity contribution in [2.75, 3.05) is 19.6 Å². The van der Waals surface area contributed by atoms with Crippen LogP contribution in [0.5, 0.6) is 0 Å². The molecule has 1 N–H and O–H groups in total. The van der Waals surface area contributed by atoms with Gasteiger partial charge in [-0.3, -0.25) is 0 Å². The lowest BCUT2D eigenvalue weighted by Gasteiger charge is -2.35. The van der Waals surface area contributed by atoms with Gasteiger partial charge >= 0.3 is 3.93 Å². The summed E-state index contributed by atoms with van der Waals surface area (Å²) in [7, 11) is 0. The molecule has 1 spiro atoms. The summed E-state index contributed by atoms with van der Waals surface area (Å²) in [6.07, 6.45) is 9.92. The van der Waals surface area contributed by atoms with Gasteiger partial charge in [0, 0.05) is 59.0 Å². The molecule has 2 aliphatic rings. The molecule has 1 unspecified atom stereocenters. The molecule has 28 heavy (non-hydrogen) atoms. The highest BCUT2D eigenvalue weighted by Crippen LogP contribution is 2.59. The Morgan fingerprint density at radius 1 is 1.36 bits per heavy atom. The molecule has 1 saturated carbocycles. The van der Waals surface area contributed by atoms with Crippen molar-refractivity contribution >= 4 is 22.6 Å². The van der Waals surface area contributed by atoms with E-state index < -0.39 is 9.75 Å². The molecule has 0 amide bonds. The van der Waals surface area contributed by atoms with E-state index in [1.165, 1.54) is 37.1 Å². The van der Waals surface area contributed by atoms with E-state index in [1.54, 1.807) is 0 Å². The standard InChI is InChI=1S/C22H28F3IN2/c1-3-4-5-16(2)28-10-8-21(9-11-28)13-19(21)15-27-14-17-6-7-18(12-20(17)23)22(24,25)26/h3-7,12,19,27H,8-11,13-15H2,1-2H3/b4-3-,16-5+. The molecule has 0 bridgehead atoms. The van der Waals surface area contributed by atoms with Gasteiger partial charge in [0.1, 0.15) is 5.82 Å². The van der Waals surface area contributed by atoms with E-state index in [0.717, 1.165) is 48.3 Å². The molecule has 3 rings (SSSR count). The van der Waals surface area contributed by atoms with Gasteiger partial charge in [0.15, 0.2) is 0 Å². The molecule has 0 radical (unpaired) electrons. The van der Waals surface area contributed by atoms with Gasteiger partial charge in [0.25, 0.3) is 0 Å². The second kappa shape index (κ2) is 8.78. The number of hydrogen-bond acceptors (Lipinski definition) is 2. The minimum atomic E-state index is -3.04. The third-order valence-corrected chi connectivity index (χ3v) is 6.86. The Hall–Kier alpha value is -1.02. The van der Waals surface area contributed by atoms with Crippen molar-refractivity contribution in [3.05, 3.63) is 59.1 Å². The minimum absolute atomic E-state index is 0.291. The monoisotopic (exact) mass is 504 g/mol. The first-order chi connectivity index (χ1) is 13.2. The second-order valence-electron chi connectivity index (χ2n) is 8.02. The van der Waals surface area contributed by atoms with Gasteiger partial charge in [-0.2, -0.15) is 8.78 Å². The summed E-state index contributed by atoms with van der Waals surface area (Å²) in [5, 5.41) is 3.33. The van der Waals surface area contributed by atoms with Gasteiger partial charge in [0.05, 0.1) is 0 Å². The molecule has 2 nitrogen and oxygen atoms in total. The van der Waals surface area contributed by atoms with E-state index in [1.807, 2.05) is 13.0 Å². The van der Waals surface area contributed by atoms with Gasteiger partial charge < -0.3 is 10.2 Å². The Morgan fingerprint density at radius 2 is 2.07 bits per heavy atom. The smallest absolute Gasteiger partial charge is 0.321 e. The average molecular weight is 504 g/mol. The SMILES string of the molecule is C/C=C\C=C(/C)N1CCC2(CC1)CC2CNCc1ccc(C(F)(F)I)cc1F. The van der Waals surface area contributed by atoms with Crippen molar-refractivity contribution in [2.24, 2.45) is 11.3 Å². The fourth-order valence-electron chi connectivity index (χ4n) is 4.23. The highest BCUT2D eigenvalue weighted by molar-refractivity contribution is 14.1. The Labute approximate surface area is 179 Å². The number of benzene rings is 1. The fraction of sp³-hybridized carbons (Fsp3) is 0.545. The molecule has 1 aliphatic heterocycles. The van der Waals surface area contributed by atoms with E-state index in [0.29, 0.717) is 23.4 Å². The third-order valence-electron chi connectivity index (χ3n) is 6.23. The van der Waals surface area contributed by atoms with E-state index in [4.69, 9.17) is 0 Å². The summed E-state index contributed by atoms with van der Waals surface area (Å²) in [5.74, 6) is 0.0686. The maximum absolute atomic E-state index is 14.1. The number of halogens is 4. The molecular formula is C22H28F3IN2. The van der Waals surface area contributed by atoms with Gasteiger partial charge in [-0.15, -0.1) is 0 Å². The zero-order valence-corrected chi connectivity index (χ0v) is 18.6. The number of rotatable bonds is 7. The lowest BCUT2D eigenvalue weighted by Crippen LogP contribution is -2.34. The number of alkyl halides is 3. The van der Waals surface area contributed by atoms with Crippen molar-refractivity contribution in [1.82, 2.24) is 10.2 Å². The molecule has 1 heterocycles. The van der Waals surface area contributed by atoms with Crippen molar-refractivity contribution in [1.29, 1.82) is 0 Å². The quantitative estimate of drug-likeness (QED) is 0.279. The summed E-state index contributed by atoms with van der Waals surface area (Å²) >= 11 is 1.02. The third kappa shape index (κ3) is 5.12. The highest BCUT2D eigenvalue weighted by Gasteiger charge is 2.54. The van der Waals surface area contributed by atoms with Crippen LogP contribution < -0.4 is 5.32 Å². The molecular weight excluding hydrogens is 476 g/mol. The maximum atomic E-state index is 14.1. The summed E-state index contributed by atoms with van der Waals surface area (Å²) in [5.41, 5.74) is 1.91. The number of piperidine rings is 1. The fourth-order valence-corrected chi connectivity index (χ4v) is 4.56. The predicted octanol–water partition coefficient (Wildman–Crippen LogP) is 5.98. The molecule has 1 aromatic carbocycles. The second-order valence-corrected chi connectivity index (χ2v) is 9.37. The largest absolute Gasteiger partial charge is 0.375 e. The van der Waals surface area contributed by atoms with Crippen LogP contribution in [0.4, 0.5) is 13.2 Å². The number of hydrogen-bond donors (Lipinski definition) is 1. The lowest BCUT2D eigenvalue weighted by molar-refractivity contribution is 0.127. The van der Waals surface area contributed by atoms with Gasteiger partial charge in [0.2, 0.25) is 0 Å². The normalized spacial score (nSPS) is 22.3. The van der Waals surface area contributed by atoms with E-state index >= 15 is 0 Å². The van der Waals surface area contributed by atoms with Crippen molar-refractivity contribution in [3.63, 3.8) is 0 Å². The van der Waals surface area contributed by atoms with Crippen molar-refractivity contribution in [2.45, 2.75) is 43.6 Å². The first kappa shape index (κ1) is 21.7. The van der Waals surface area contributed by atoms with Crippen LogP contribution in [0.2, 0.25) is 0 Å². The molecule has 1 atom stereocenters. The molecule has 1 aromatic rings. The van der Waals surface area contributed by atoms with Crippen LogP contribution in [-0.4, -0.2) is 24.5 Å². The Balaban J connectivity index is 1.45. The number of nitrogens with one attached hydrogen (secondary N) is 1. The van der Waals surface area contributed by atoms with E-state index in [2.05, 4.69) is 29.3 Å². The van der Waals surface area contributed by atoms with Crippen LogP contribution in [0.15, 0.2) is 42.1 Å². The van der Waals surface area contributed by atoms with E-state index in [-0.39, 0.29) is 5.56 Å². The zero-order chi connectivity index (χ0) is 20.4. The van der Waals surface area contributed by atoms with Gasteiger partial charge in [-0.1, -0.05) is 24.3 Å². The maximum Gasteiger partial charge on any atom is 0.321 e. The van der Waals surface area contributed by atoms with Crippen LogP contribution in [-0.2, 0) is 10.5 Å². The molecule has 2 fully saturated rings. The first-order valence-corrected chi connectivity index (χ1v) is 10.9. The minimum Gasteiger partial charge on any atom is -0.375 e. The summed E-state index contributed by atoms with van der Waals surface area (Å²) < 4.78 is 37.6. The Bertz CT molecular complexity index is 747. The van der Waals surface area contributed by atoms with Crippen LogP contribution in [0.1, 0.15) is 44.2 Å². The van der Waals surface area contributed by atoms with E-state index in [9.17, 15) is 13.2 Å². The number of likely N-dealkylation sites (tertiary alicyclic amines) is 1. The Kier molecular flexibility index (Phi) is 6.80. The topological polar surface area (TPSA) is 15.3 Å². The molecule has 6 heteroatoms. The van der Waals surface area contributed by atoms with Crippen molar-refractivity contribution < 1.29 is 13.2 Å². The summed E-state index contributed by atoms with van der Waals surface area (Å²) in [4.78, 5) is 2.45. The lowest BCUT2D eigenvalue weighted by atomic mass is 9.90. The van der Waals surface area contributed by atoms with Crippen LogP contribution in [0.25, 0.3) is 0 Å².